The molecule has 1 rings (SSSR count). The second kappa shape index (κ2) is 8.12. The molecule has 0 aliphatic heterocycles. The van der Waals surface area contributed by atoms with Crippen molar-refractivity contribution in [1.29, 1.82) is 0 Å². The van der Waals surface area contributed by atoms with Gasteiger partial charge in [0.15, 0.2) is 0 Å². The van der Waals surface area contributed by atoms with Crippen molar-refractivity contribution in [2.45, 2.75) is 25.7 Å². The summed E-state index contributed by atoms with van der Waals surface area (Å²) in [6, 6.07) is 7.42. The summed E-state index contributed by atoms with van der Waals surface area (Å²) >= 11 is 5.98. The molecule has 0 heterocycles. The molecule has 0 aromatic heterocycles. The minimum atomic E-state index is -0.580. The van der Waals surface area contributed by atoms with Gasteiger partial charge in [0, 0.05) is 11.6 Å². The first kappa shape index (κ1) is 15.0. The highest BCUT2D eigenvalue weighted by Gasteiger charge is 2.06. The Morgan fingerprint density at radius 1 is 1.50 bits per heavy atom. The van der Waals surface area contributed by atoms with Gasteiger partial charge in [0.25, 0.3) is 0 Å². The number of hydrogen-bond acceptors (Lipinski definition) is 3. The number of aliphatic hydroxyl groups is 1. The van der Waals surface area contributed by atoms with Crippen molar-refractivity contribution in [1.82, 2.24) is 5.32 Å². The van der Waals surface area contributed by atoms with Gasteiger partial charge < -0.3 is 15.2 Å². The molecule has 3 nitrogen and oxygen atoms in total. The Morgan fingerprint density at radius 3 is 2.89 bits per heavy atom. The van der Waals surface area contributed by atoms with Crippen molar-refractivity contribution in [2.75, 3.05) is 13.2 Å². The van der Waals surface area contributed by atoms with E-state index in [1.54, 1.807) is 0 Å². The summed E-state index contributed by atoms with van der Waals surface area (Å²) in [5, 5.41) is 13.3. The van der Waals surface area contributed by atoms with E-state index in [0.29, 0.717) is 18.2 Å². The van der Waals surface area contributed by atoms with Crippen LogP contribution in [0.4, 0.5) is 0 Å². The Bertz CT molecular complexity index is 403. The third-order valence-corrected chi connectivity index (χ3v) is 2.80. The molecule has 2 unspecified atom stereocenters. The molecule has 1 aromatic rings. The van der Waals surface area contributed by atoms with Gasteiger partial charge in [-0.3, -0.25) is 0 Å². The van der Waals surface area contributed by atoms with Crippen LogP contribution in [0.5, 0.6) is 0 Å². The molecule has 1 aromatic carbocycles. The standard InChI is InChI=1S/C14H18ClNO2/c1-3-11(2)16-8-13(17)10-18-9-12-6-4-5-7-14(12)15/h1,4-7,11,13,16-17H,8-10H2,2H3. The zero-order valence-corrected chi connectivity index (χ0v) is 11.2. The van der Waals surface area contributed by atoms with Crippen LogP contribution in [-0.2, 0) is 11.3 Å². The Hall–Kier alpha value is -1.05. The maximum absolute atomic E-state index is 9.65. The maximum atomic E-state index is 9.65. The number of ether oxygens (including phenoxy) is 1. The van der Waals surface area contributed by atoms with Crippen LogP contribution in [0, 0.1) is 12.3 Å². The predicted octanol–water partition coefficient (Wildman–Crippen LogP) is 1.83. The van der Waals surface area contributed by atoms with E-state index in [0.717, 1.165) is 5.56 Å². The number of benzene rings is 1. The second-order valence-electron chi connectivity index (χ2n) is 4.06. The van der Waals surface area contributed by atoms with Gasteiger partial charge in [-0.25, -0.2) is 0 Å². The Kier molecular flexibility index (Phi) is 6.77. The zero-order chi connectivity index (χ0) is 13.4. The van der Waals surface area contributed by atoms with Crippen molar-refractivity contribution in [3.8, 4) is 12.3 Å². The average Bonchev–Trinajstić information content (AvgIpc) is 2.38. The Labute approximate surface area is 113 Å². The molecular weight excluding hydrogens is 250 g/mol. The summed E-state index contributed by atoms with van der Waals surface area (Å²) < 4.78 is 5.40. The van der Waals surface area contributed by atoms with Crippen molar-refractivity contribution >= 4 is 11.6 Å². The van der Waals surface area contributed by atoms with Gasteiger partial charge in [-0.1, -0.05) is 35.7 Å². The first-order chi connectivity index (χ1) is 8.63. The van der Waals surface area contributed by atoms with E-state index in [1.807, 2.05) is 31.2 Å². The van der Waals surface area contributed by atoms with Gasteiger partial charge >= 0.3 is 0 Å². The van der Waals surface area contributed by atoms with Crippen molar-refractivity contribution in [3.63, 3.8) is 0 Å². The van der Waals surface area contributed by atoms with Crippen LogP contribution in [-0.4, -0.2) is 30.4 Å². The van der Waals surface area contributed by atoms with Crippen LogP contribution in [0.25, 0.3) is 0 Å². The third-order valence-electron chi connectivity index (χ3n) is 2.44. The highest BCUT2D eigenvalue weighted by molar-refractivity contribution is 6.31. The van der Waals surface area contributed by atoms with E-state index in [9.17, 15) is 5.11 Å². The highest BCUT2D eigenvalue weighted by atomic mass is 35.5. The molecule has 0 fully saturated rings. The SMILES string of the molecule is C#CC(C)NCC(O)COCc1ccccc1Cl. The molecule has 2 atom stereocenters. The highest BCUT2D eigenvalue weighted by Crippen LogP contribution is 2.15. The molecular formula is C14H18ClNO2. The van der Waals surface area contributed by atoms with E-state index >= 15 is 0 Å². The number of halogens is 1. The largest absolute Gasteiger partial charge is 0.389 e. The molecule has 0 spiro atoms. The van der Waals surface area contributed by atoms with Crippen LogP contribution >= 0.6 is 11.6 Å². The molecule has 4 heteroatoms. The lowest BCUT2D eigenvalue weighted by atomic mass is 10.2. The summed E-state index contributed by atoms with van der Waals surface area (Å²) in [6.07, 6.45) is 4.63. The molecule has 0 bridgehead atoms. The Balaban J connectivity index is 2.22. The van der Waals surface area contributed by atoms with Gasteiger partial charge in [-0.15, -0.1) is 6.42 Å². The lowest BCUT2D eigenvalue weighted by molar-refractivity contribution is 0.0285. The molecule has 2 N–H and O–H groups in total. The molecule has 0 aliphatic carbocycles. The lowest BCUT2D eigenvalue weighted by Crippen LogP contribution is -2.35. The molecule has 0 radical (unpaired) electrons. The minimum absolute atomic E-state index is 0.0526. The monoisotopic (exact) mass is 267 g/mol. The fraction of sp³-hybridized carbons (Fsp3) is 0.429. The van der Waals surface area contributed by atoms with Crippen molar-refractivity contribution in [3.05, 3.63) is 34.9 Å². The first-order valence-corrected chi connectivity index (χ1v) is 6.20. The van der Waals surface area contributed by atoms with Crippen molar-refractivity contribution in [2.24, 2.45) is 0 Å². The van der Waals surface area contributed by atoms with E-state index < -0.39 is 6.10 Å². The topological polar surface area (TPSA) is 41.5 Å². The quantitative estimate of drug-likeness (QED) is 0.741. The molecule has 0 saturated heterocycles. The van der Waals surface area contributed by atoms with Crippen LogP contribution in [0.3, 0.4) is 0 Å². The predicted molar refractivity (Wildman–Crippen MR) is 73.4 cm³/mol. The van der Waals surface area contributed by atoms with Gasteiger partial charge in [0.2, 0.25) is 0 Å². The second-order valence-corrected chi connectivity index (χ2v) is 4.46. The fourth-order valence-corrected chi connectivity index (χ4v) is 1.54. The molecule has 0 aliphatic rings. The average molecular weight is 268 g/mol. The Morgan fingerprint density at radius 2 is 2.22 bits per heavy atom. The summed E-state index contributed by atoms with van der Waals surface area (Å²) in [7, 11) is 0. The van der Waals surface area contributed by atoms with E-state index in [4.69, 9.17) is 22.8 Å². The number of hydrogen-bond donors (Lipinski definition) is 2. The normalized spacial score (nSPS) is 13.9. The summed E-state index contributed by atoms with van der Waals surface area (Å²) in [4.78, 5) is 0. The third kappa shape index (κ3) is 5.52. The van der Waals surface area contributed by atoms with Gasteiger partial charge in [-0.05, 0) is 18.6 Å². The number of rotatable bonds is 7. The van der Waals surface area contributed by atoms with Crippen LogP contribution in [0.2, 0.25) is 5.02 Å². The molecule has 18 heavy (non-hydrogen) atoms. The zero-order valence-electron chi connectivity index (χ0n) is 10.4. The number of aliphatic hydroxyl groups excluding tert-OH is 1. The molecule has 98 valence electrons. The summed E-state index contributed by atoms with van der Waals surface area (Å²) in [6.45, 7) is 2.90. The molecule has 0 amide bonds. The van der Waals surface area contributed by atoms with E-state index in [-0.39, 0.29) is 12.6 Å². The van der Waals surface area contributed by atoms with Crippen LogP contribution in [0.15, 0.2) is 24.3 Å². The first-order valence-electron chi connectivity index (χ1n) is 5.82. The van der Waals surface area contributed by atoms with Gasteiger partial charge in [0.1, 0.15) is 0 Å². The maximum Gasteiger partial charge on any atom is 0.0898 e. The van der Waals surface area contributed by atoms with E-state index in [2.05, 4.69) is 11.2 Å². The lowest BCUT2D eigenvalue weighted by Gasteiger charge is -2.14. The van der Waals surface area contributed by atoms with Gasteiger partial charge in [0.05, 0.1) is 25.4 Å². The fourth-order valence-electron chi connectivity index (χ4n) is 1.35. The van der Waals surface area contributed by atoms with Crippen LogP contribution in [0.1, 0.15) is 12.5 Å². The summed E-state index contributed by atoms with van der Waals surface area (Å²) in [5.41, 5.74) is 0.913. The summed E-state index contributed by atoms with van der Waals surface area (Å²) in [5.74, 6) is 2.53. The number of nitrogens with one attached hydrogen (secondary N) is 1. The van der Waals surface area contributed by atoms with Crippen molar-refractivity contribution < 1.29 is 9.84 Å². The number of terminal acetylenes is 1. The van der Waals surface area contributed by atoms with Crippen LogP contribution < -0.4 is 5.32 Å². The van der Waals surface area contributed by atoms with Gasteiger partial charge in [-0.2, -0.15) is 0 Å². The van der Waals surface area contributed by atoms with E-state index in [1.165, 1.54) is 0 Å². The molecule has 0 saturated carbocycles. The minimum Gasteiger partial charge on any atom is -0.389 e. The smallest absolute Gasteiger partial charge is 0.0898 e.